The molecule has 1 aliphatic rings. The van der Waals surface area contributed by atoms with Crippen molar-refractivity contribution in [2.45, 2.75) is 6.92 Å². The largest absolute Gasteiger partial charge is 0.383 e. The molecule has 0 atom stereocenters. The van der Waals surface area contributed by atoms with Crippen LogP contribution in [0, 0.1) is 5.82 Å². The minimum Gasteiger partial charge on any atom is -0.383 e. The molecule has 2 aromatic heterocycles. The third-order valence-corrected chi connectivity index (χ3v) is 5.65. The number of hydrazone groups is 1. The van der Waals surface area contributed by atoms with Gasteiger partial charge in [-0.15, -0.1) is 0 Å². The third kappa shape index (κ3) is 6.86. The molecule has 4 rings (SSSR count). The quantitative estimate of drug-likeness (QED) is 0.306. The Labute approximate surface area is 210 Å². The van der Waals surface area contributed by atoms with E-state index >= 15 is 0 Å². The Morgan fingerprint density at radius 1 is 1.11 bits per heavy atom. The van der Waals surface area contributed by atoms with Gasteiger partial charge in [-0.2, -0.15) is 10.1 Å². The molecule has 10 nitrogen and oxygen atoms in total. The molecule has 36 heavy (non-hydrogen) atoms. The summed E-state index contributed by atoms with van der Waals surface area (Å²) in [6.07, 6.45) is 4.41. The van der Waals surface area contributed by atoms with Crippen molar-refractivity contribution in [3.05, 3.63) is 60.3 Å². The van der Waals surface area contributed by atoms with E-state index in [0.29, 0.717) is 25.4 Å². The van der Waals surface area contributed by atoms with Gasteiger partial charge in [-0.25, -0.2) is 14.8 Å². The number of nitrogens with one attached hydrogen (secondary N) is 2. The zero-order valence-corrected chi connectivity index (χ0v) is 20.5. The monoisotopic (exact) mass is 494 g/mol. The molecule has 3 aromatic rings. The number of likely N-dealkylation sites (N-methyl/N-ethyl adjacent to an activating group) is 1. The van der Waals surface area contributed by atoms with Crippen LogP contribution in [0.1, 0.15) is 12.6 Å². The summed E-state index contributed by atoms with van der Waals surface area (Å²) in [5, 5.41) is 7.49. The van der Waals surface area contributed by atoms with Gasteiger partial charge in [0.1, 0.15) is 0 Å². The van der Waals surface area contributed by atoms with Crippen molar-refractivity contribution < 1.29 is 13.9 Å². The molecule has 1 saturated heterocycles. The first-order valence-corrected chi connectivity index (χ1v) is 11.9. The normalized spacial score (nSPS) is 13.7. The van der Waals surface area contributed by atoms with Crippen LogP contribution in [0.4, 0.5) is 33.2 Å². The standard InChI is InChI=1S/C25H31FN8O2/c1-3-33(10-13-35-2)24-23(26)18-28-25(31-24)32-29-17-20-4-5-21(16-27-20)30-19-6-8-22(9-7-19)34-11-14-36-15-12-34/h4-9,16-18,30H,3,10-15H2,1-2H3,(H,28,31,32)/b29-17+. The van der Waals surface area contributed by atoms with Gasteiger partial charge in [-0.05, 0) is 43.3 Å². The Hall–Kier alpha value is -3.83. The maximum atomic E-state index is 14.2. The number of benzene rings is 1. The SMILES string of the molecule is CCN(CCOC)c1nc(N/N=C/c2ccc(Nc3ccc(N4CCOCC4)cc3)cn2)ncc1F. The molecule has 1 aromatic carbocycles. The van der Waals surface area contributed by atoms with Crippen LogP contribution in [0.3, 0.4) is 0 Å². The molecule has 190 valence electrons. The number of aromatic nitrogens is 3. The van der Waals surface area contributed by atoms with Crippen LogP contribution < -0.4 is 20.5 Å². The number of halogens is 1. The van der Waals surface area contributed by atoms with Gasteiger partial charge in [0, 0.05) is 44.7 Å². The van der Waals surface area contributed by atoms with E-state index in [-0.39, 0.29) is 11.8 Å². The zero-order valence-electron chi connectivity index (χ0n) is 20.5. The summed E-state index contributed by atoms with van der Waals surface area (Å²) in [5.41, 5.74) is 6.42. The minimum absolute atomic E-state index is 0.192. The molecule has 0 spiro atoms. The van der Waals surface area contributed by atoms with Gasteiger partial charge in [0.25, 0.3) is 0 Å². The lowest BCUT2D eigenvalue weighted by Crippen LogP contribution is -2.36. The number of nitrogens with zero attached hydrogens (tertiary/aromatic N) is 6. The Morgan fingerprint density at radius 3 is 2.58 bits per heavy atom. The number of hydrogen-bond acceptors (Lipinski definition) is 10. The van der Waals surface area contributed by atoms with Crippen molar-refractivity contribution in [3.8, 4) is 0 Å². The number of morpholine rings is 1. The first-order chi connectivity index (χ1) is 17.7. The van der Waals surface area contributed by atoms with Crippen LogP contribution in [-0.2, 0) is 9.47 Å². The summed E-state index contributed by atoms with van der Waals surface area (Å²) in [6.45, 7) is 6.85. The number of rotatable bonds is 11. The molecule has 0 radical (unpaired) electrons. The summed E-state index contributed by atoms with van der Waals surface area (Å²) >= 11 is 0. The van der Waals surface area contributed by atoms with E-state index in [1.165, 1.54) is 5.69 Å². The Morgan fingerprint density at radius 2 is 1.89 bits per heavy atom. The van der Waals surface area contributed by atoms with Gasteiger partial charge in [0.2, 0.25) is 5.95 Å². The van der Waals surface area contributed by atoms with E-state index in [2.05, 4.69) is 60.0 Å². The molecule has 1 fully saturated rings. The predicted octanol–water partition coefficient (Wildman–Crippen LogP) is 3.51. The first kappa shape index (κ1) is 25.3. The smallest absolute Gasteiger partial charge is 0.245 e. The van der Waals surface area contributed by atoms with E-state index in [9.17, 15) is 4.39 Å². The van der Waals surface area contributed by atoms with Gasteiger partial charge in [0.05, 0.1) is 49.8 Å². The highest BCUT2D eigenvalue weighted by molar-refractivity contribution is 5.78. The molecule has 0 amide bonds. The highest BCUT2D eigenvalue weighted by Gasteiger charge is 2.14. The van der Waals surface area contributed by atoms with Crippen molar-refractivity contribution in [1.29, 1.82) is 0 Å². The van der Waals surface area contributed by atoms with Crippen molar-refractivity contribution in [2.75, 3.05) is 73.7 Å². The van der Waals surface area contributed by atoms with E-state index < -0.39 is 5.82 Å². The lowest BCUT2D eigenvalue weighted by molar-refractivity contribution is 0.122. The number of pyridine rings is 1. The fourth-order valence-corrected chi connectivity index (χ4v) is 3.70. The number of hydrogen-bond donors (Lipinski definition) is 2. The molecule has 0 aliphatic carbocycles. The summed E-state index contributed by atoms with van der Waals surface area (Å²) in [7, 11) is 1.60. The average molecular weight is 495 g/mol. The van der Waals surface area contributed by atoms with Crippen molar-refractivity contribution in [2.24, 2.45) is 5.10 Å². The maximum absolute atomic E-state index is 14.2. The summed E-state index contributed by atoms with van der Waals surface area (Å²) < 4.78 is 24.7. The van der Waals surface area contributed by atoms with Gasteiger partial charge in [-0.3, -0.25) is 4.98 Å². The van der Waals surface area contributed by atoms with Crippen molar-refractivity contribution in [1.82, 2.24) is 15.0 Å². The first-order valence-electron chi connectivity index (χ1n) is 11.9. The van der Waals surface area contributed by atoms with Crippen LogP contribution in [0.2, 0.25) is 0 Å². The third-order valence-electron chi connectivity index (χ3n) is 5.65. The molecule has 3 heterocycles. The maximum Gasteiger partial charge on any atom is 0.245 e. The molecule has 0 saturated carbocycles. The van der Waals surface area contributed by atoms with Crippen LogP contribution in [0.5, 0.6) is 0 Å². The lowest BCUT2D eigenvalue weighted by Gasteiger charge is -2.28. The molecule has 0 bridgehead atoms. The van der Waals surface area contributed by atoms with Crippen LogP contribution >= 0.6 is 0 Å². The second-order valence-corrected chi connectivity index (χ2v) is 8.05. The van der Waals surface area contributed by atoms with E-state index in [1.807, 2.05) is 19.1 Å². The van der Waals surface area contributed by atoms with Gasteiger partial charge in [-0.1, -0.05) is 0 Å². The lowest BCUT2D eigenvalue weighted by atomic mass is 10.2. The minimum atomic E-state index is -0.497. The highest BCUT2D eigenvalue weighted by atomic mass is 19.1. The molecule has 11 heteroatoms. The van der Waals surface area contributed by atoms with E-state index in [1.54, 1.807) is 24.4 Å². The highest BCUT2D eigenvalue weighted by Crippen LogP contribution is 2.22. The fraction of sp³-hybridized carbons (Fsp3) is 0.360. The number of anilines is 5. The number of ether oxygens (including phenoxy) is 2. The van der Waals surface area contributed by atoms with Gasteiger partial charge >= 0.3 is 0 Å². The van der Waals surface area contributed by atoms with Crippen LogP contribution in [0.25, 0.3) is 0 Å². The second kappa shape index (κ2) is 12.8. The van der Waals surface area contributed by atoms with Gasteiger partial charge in [0.15, 0.2) is 11.6 Å². The van der Waals surface area contributed by atoms with Crippen LogP contribution in [-0.4, -0.2) is 74.3 Å². The Kier molecular flexibility index (Phi) is 8.95. The molecular formula is C25H31FN8O2. The van der Waals surface area contributed by atoms with Crippen LogP contribution in [0.15, 0.2) is 53.9 Å². The number of methoxy groups -OCH3 is 1. The second-order valence-electron chi connectivity index (χ2n) is 8.05. The summed E-state index contributed by atoms with van der Waals surface area (Å²) in [4.78, 5) is 16.7. The van der Waals surface area contributed by atoms with E-state index in [0.717, 1.165) is 43.9 Å². The fourth-order valence-electron chi connectivity index (χ4n) is 3.70. The molecular weight excluding hydrogens is 463 g/mol. The molecule has 0 unspecified atom stereocenters. The zero-order chi connectivity index (χ0) is 25.2. The topological polar surface area (TPSA) is 100 Å². The molecule has 2 N–H and O–H groups in total. The van der Waals surface area contributed by atoms with Crippen molar-refractivity contribution in [3.63, 3.8) is 0 Å². The van der Waals surface area contributed by atoms with E-state index in [4.69, 9.17) is 9.47 Å². The van der Waals surface area contributed by atoms with Crippen molar-refractivity contribution >= 4 is 35.0 Å². The summed E-state index contributed by atoms with van der Waals surface area (Å²) in [6, 6.07) is 12.1. The average Bonchev–Trinajstić information content (AvgIpc) is 2.92. The Balaban J connectivity index is 1.32. The van der Waals surface area contributed by atoms with Gasteiger partial charge < -0.3 is 24.6 Å². The molecule has 1 aliphatic heterocycles. The summed E-state index contributed by atoms with van der Waals surface area (Å²) in [5.74, 6) is -0.103. The predicted molar refractivity (Wildman–Crippen MR) is 140 cm³/mol. The Bertz CT molecular complexity index is 1120.